The highest BCUT2D eigenvalue weighted by atomic mass is 35.5. The highest BCUT2D eigenvalue weighted by Gasteiger charge is 2.41. The minimum absolute atomic E-state index is 0.134. The van der Waals surface area contributed by atoms with Crippen molar-refractivity contribution in [1.29, 1.82) is 0 Å². The van der Waals surface area contributed by atoms with E-state index in [0.29, 0.717) is 0 Å². The topological polar surface area (TPSA) is 21.3 Å². The Hall–Kier alpha value is -0.570. The largest absolute Gasteiger partial charge is 0.378 e. The molecule has 0 aromatic heterocycles. The van der Waals surface area contributed by atoms with E-state index in [1.54, 1.807) is 0 Å². The molecule has 2 unspecified atom stereocenters. The van der Waals surface area contributed by atoms with Gasteiger partial charge in [0.25, 0.3) is 0 Å². The number of benzene rings is 1. The maximum Gasteiger partial charge on any atom is 0.0619 e. The molecule has 0 amide bonds. The monoisotopic (exact) mass is 295 g/mol. The van der Waals surface area contributed by atoms with Crippen LogP contribution in [0.1, 0.15) is 39.7 Å². The molecular formula is C17H26ClNO. The molecule has 2 atom stereocenters. The van der Waals surface area contributed by atoms with Crippen molar-refractivity contribution in [2.24, 2.45) is 5.41 Å². The first-order valence-electron chi connectivity index (χ1n) is 7.42. The molecule has 1 N–H and O–H groups in total. The minimum atomic E-state index is 0.134. The Morgan fingerprint density at radius 1 is 1.30 bits per heavy atom. The van der Waals surface area contributed by atoms with Gasteiger partial charge in [0.15, 0.2) is 0 Å². The second-order valence-corrected chi connectivity index (χ2v) is 7.47. The number of hydrogen-bond donors (Lipinski definition) is 1. The highest BCUT2D eigenvalue weighted by Crippen LogP contribution is 2.38. The van der Waals surface area contributed by atoms with Crippen LogP contribution in [0.15, 0.2) is 24.3 Å². The van der Waals surface area contributed by atoms with Crippen LogP contribution in [0, 0.1) is 5.41 Å². The zero-order valence-corrected chi connectivity index (χ0v) is 13.8. The van der Waals surface area contributed by atoms with Gasteiger partial charge in [-0.05, 0) is 58.2 Å². The van der Waals surface area contributed by atoms with Gasteiger partial charge in [-0.1, -0.05) is 23.7 Å². The van der Waals surface area contributed by atoms with Crippen LogP contribution in [-0.2, 0) is 11.2 Å². The first kappa shape index (κ1) is 15.8. The number of halogens is 1. The highest BCUT2D eigenvalue weighted by molar-refractivity contribution is 6.30. The summed E-state index contributed by atoms with van der Waals surface area (Å²) in [4.78, 5) is 0. The number of rotatable bonds is 4. The van der Waals surface area contributed by atoms with Crippen LogP contribution in [0.4, 0.5) is 0 Å². The molecule has 1 saturated heterocycles. The lowest BCUT2D eigenvalue weighted by atomic mass is 9.75. The van der Waals surface area contributed by atoms with Crippen LogP contribution in [0.2, 0.25) is 5.02 Å². The molecule has 0 aliphatic carbocycles. The quantitative estimate of drug-likeness (QED) is 0.904. The molecule has 3 heteroatoms. The van der Waals surface area contributed by atoms with Gasteiger partial charge in [-0.15, -0.1) is 0 Å². The Bertz CT molecular complexity index is 437. The number of nitrogens with one attached hydrogen (secondary N) is 1. The zero-order valence-electron chi connectivity index (χ0n) is 13.0. The normalized spacial score (nSPS) is 26.9. The molecule has 1 aromatic rings. The average Bonchev–Trinajstić information content (AvgIpc) is 2.71. The third-order valence-corrected chi connectivity index (χ3v) is 4.52. The summed E-state index contributed by atoms with van der Waals surface area (Å²) in [6, 6.07) is 8.21. The minimum Gasteiger partial charge on any atom is -0.378 e. The Labute approximate surface area is 127 Å². The van der Waals surface area contributed by atoms with Crippen molar-refractivity contribution in [3.8, 4) is 0 Å². The van der Waals surface area contributed by atoms with Crippen LogP contribution in [-0.4, -0.2) is 24.8 Å². The molecule has 1 fully saturated rings. The summed E-state index contributed by atoms with van der Waals surface area (Å²) in [6.07, 6.45) is 2.43. The summed E-state index contributed by atoms with van der Waals surface area (Å²) in [5.74, 6) is 0. The van der Waals surface area contributed by atoms with Crippen molar-refractivity contribution in [2.75, 3.05) is 13.2 Å². The molecule has 1 aliphatic heterocycles. The Morgan fingerprint density at radius 2 is 1.95 bits per heavy atom. The van der Waals surface area contributed by atoms with E-state index in [0.717, 1.165) is 31.0 Å². The lowest BCUT2D eigenvalue weighted by Gasteiger charge is -2.36. The lowest BCUT2D eigenvalue weighted by molar-refractivity contribution is 0.0598. The van der Waals surface area contributed by atoms with E-state index in [1.165, 1.54) is 5.56 Å². The molecule has 0 spiro atoms. The van der Waals surface area contributed by atoms with Crippen molar-refractivity contribution in [1.82, 2.24) is 5.32 Å². The second-order valence-electron chi connectivity index (χ2n) is 7.03. The van der Waals surface area contributed by atoms with E-state index in [2.05, 4.69) is 45.1 Å². The number of ether oxygens (including phenoxy) is 1. The first-order valence-corrected chi connectivity index (χ1v) is 7.80. The predicted octanol–water partition coefficient (Wildman–Crippen LogP) is 4.07. The van der Waals surface area contributed by atoms with E-state index >= 15 is 0 Å². The summed E-state index contributed by atoms with van der Waals surface area (Å²) < 4.78 is 5.86. The summed E-state index contributed by atoms with van der Waals surface area (Å²) in [5.41, 5.74) is 1.65. The predicted molar refractivity (Wildman–Crippen MR) is 85.4 cm³/mol. The van der Waals surface area contributed by atoms with Crippen LogP contribution >= 0.6 is 11.6 Å². The molecule has 0 radical (unpaired) electrons. The van der Waals surface area contributed by atoms with Gasteiger partial charge >= 0.3 is 0 Å². The van der Waals surface area contributed by atoms with Gasteiger partial charge in [-0.2, -0.15) is 0 Å². The fourth-order valence-corrected chi connectivity index (χ4v) is 2.92. The van der Waals surface area contributed by atoms with Gasteiger partial charge in [0.1, 0.15) is 0 Å². The van der Waals surface area contributed by atoms with Gasteiger partial charge in [-0.25, -0.2) is 0 Å². The van der Waals surface area contributed by atoms with E-state index in [4.69, 9.17) is 16.3 Å². The summed E-state index contributed by atoms with van der Waals surface area (Å²) in [6.45, 7) is 10.7. The smallest absolute Gasteiger partial charge is 0.0619 e. The van der Waals surface area contributed by atoms with E-state index in [1.807, 2.05) is 12.1 Å². The standard InChI is InChI=1S/C17H26ClNO/c1-13-17(9-10-20-13,12-19-16(2,3)4)11-14-5-7-15(18)8-6-14/h5-8,13,19H,9-12H2,1-4H3. The SMILES string of the molecule is CC1OCCC1(CNC(C)(C)C)Cc1ccc(Cl)cc1. The van der Waals surface area contributed by atoms with Crippen LogP contribution in [0.5, 0.6) is 0 Å². The average molecular weight is 296 g/mol. The van der Waals surface area contributed by atoms with Crippen molar-refractivity contribution in [2.45, 2.75) is 52.2 Å². The van der Waals surface area contributed by atoms with Crippen molar-refractivity contribution >= 4 is 11.6 Å². The Balaban J connectivity index is 2.13. The fraction of sp³-hybridized carbons (Fsp3) is 0.647. The fourth-order valence-electron chi connectivity index (χ4n) is 2.80. The van der Waals surface area contributed by atoms with Crippen molar-refractivity contribution in [3.63, 3.8) is 0 Å². The molecule has 1 heterocycles. The Kier molecular flexibility index (Phi) is 4.78. The van der Waals surface area contributed by atoms with Crippen molar-refractivity contribution in [3.05, 3.63) is 34.9 Å². The molecule has 0 saturated carbocycles. The molecular weight excluding hydrogens is 270 g/mol. The van der Waals surface area contributed by atoms with Gasteiger partial charge in [0, 0.05) is 29.1 Å². The van der Waals surface area contributed by atoms with Crippen LogP contribution in [0.25, 0.3) is 0 Å². The molecule has 2 rings (SSSR count). The van der Waals surface area contributed by atoms with Crippen LogP contribution < -0.4 is 5.32 Å². The number of hydrogen-bond acceptors (Lipinski definition) is 2. The second kappa shape index (κ2) is 6.05. The van der Waals surface area contributed by atoms with Gasteiger partial charge in [0.05, 0.1) is 6.10 Å². The molecule has 20 heavy (non-hydrogen) atoms. The summed E-state index contributed by atoms with van der Waals surface area (Å²) in [7, 11) is 0. The maximum absolute atomic E-state index is 5.98. The van der Waals surface area contributed by atoms with Gasteiger partial charge < -0.3 is 10.1 Å². The van der Waals surface area contributed by atoms with Crippen LogP contribution in [0.3, 0.4) is 0 Å². The molecule has 1 aromatic carbocycles. The molecule has 2 nitrogen and oxygen atoms in total. The zero-order chi connectivity index (χ0) is 14.8. The van der Waals surface area contributed by atoms with Gasteiger partial charge in [-0.3, -0.25) is 0 Å². The van der Waals surface area contributed by atoms with E-state index < -0.39 is 0 Å². The third-order valence-electron chi connectivity index (χ3n) is 4.27. The van der Waals surface area contributed by atoms with Crippen molar-refractivity contribution < 1.29 is 4.74 Å². The van der Waals surface area contributed by atoms with E-state index in [-0.39, 0.29) is 17.1 Å². The first-order chi connectivity index (χ1) is 9.31. The maximum atomic E-state index is 5.98. The third kappa shape index (κ3) is 3.97. The molecule has 0 bridgehead atoms. The summed E-state index contributed by atoms with van der Waals surface area (Å²) >= 11 is 5.98. The molecule has 112 valence electrons. The summed E-state index contributed by atoms with van der Waals surface area (Å²) in [5, 5.41) is 4.46. The molecule has 1 aliphatic rings. The Morgan fingerprint density at radius 3 is 2.45 bits per heavy atom. The van der Waals surface area contributed by atoms with Gasteiger partial charge in [0.2, 0.25) is 0 Å². The van der Waals surface area contributed by atoms with E-state index in [9.17, 15) is 0 Å². The lowest BCUT2D eigenvalue weighted by Crippen LogP contribution is -2.47.